The fourth-order valence-electron chi connectivity index (χ4n) is 2.41. The van der Waals surface area contributed by atoms with E-state index in [1.807, 2.05) is 0 Å². The van der Waals surface area contributed by atoms with E-state index in [-0.39, 0.29) is 49.5 Å². The summed E-state index contributed by atoms with van der Waals surface area (Å²) in [6.45, 7) is 7.05. The van der Waals surface area contributed by atoms with Crippen LogP contribution in [0, 0.1) is 11.8 Å². The molecule has 0 aliphatic heterocycles. The van der Waals surface area contributed by atoms with Crippen molar-refractivity contribution in [3.05, 3.63) is 12.7 Å². The van der Waals surface area contributed by atoms with Crippen LogP contribution in [-0.4, -0.2) is 42.9 Å². The normalized spacial score (nSPS) is 18.9. The van der Waals surface area contributed by atoms with E-state index in [0.29, 0.717) is 12.8 Å². The zero-order valence-corrected chi connectivity index (χ0v) is 14.2. The standard InChI is InChI=1S/C17H25NO6/c1-4-8-24-17(22)18-15(11(2)3)16(21)23-9-7-12-10-13(19)5-6-14(12)20/h4,11-12,15H,1,5-10H2,2-3H3,(H,18,22). The van der Waals surface area contributed by atoms with Gasteiger partial charge in [0.2, 0.25) is 0 Å². The van der Waals surface area contributed by atoms with Crippen LogP contribution in [0.1, 0.15) is 39.5 Å². The fourth-order valence-corrected chi connectivity index (χ4v) is 2.41. The van der Waals surface area contributed by atoms with Gasteiger partial charge in [0.25, 0.3) is 0 Å². The highest BCUT2D eigenvalue weighted by Gasteiger charge is 2.29. The SMILES string of the molecule is C=CCOC(=O)NC(C(=O)OCCC1CC(=O)CCC1=O)C(C)C. The number of nitrogens with one attached hydrogen (secondary N) is 1. The van der Waals surface area contributed by atoms with Crippen molar-refractivity contribution in [2.24, 2.45) is 11.8 Å². The Balaban J connectivity index is 2.44. The van der Waals surface area contributed by atoms with Gasteiger partial charge >= 0.3 is 12.1 Å². The minimum absolute atomic E-state index is 0.0368. The maximum atomic E-state index is 12.1. The van der Waals surface area contributed by atoms with Crippen LogP contribution >= 0.6 is 0 Å². The molecule has 0 bridgehead atoms. The van der Waals surface area contributed by atoms with Crippen molar-refractivity contribution in [3.8, 4) is 0 Å². The first-order valence-electron chi connectivity index (χ1n) is 8.10. The summed E-state index contributed by atoms with van der Waals surface area (Å²) in [6, 6.07) is -0.842. The Bertz CT molecular complexity index is 499. The summed E-state index contributed by atoms with van der Waals surface area (Å²) in [7, 11) is 0. The van der Waals surface area contributed by atoms with Crippen LogP contribution in [0.5, 0.6) is 0 Å². The third kappa shape index (κ3) is 6.52. The minimum atomic E-state index is -0.842. The smallest absolute Gasteiger partial charge is 0.408 e. The molecule has 1 saturated carbocycles. The monoisotopic (exact) mass is 339 g/mol. The summed E-state index contributed by atoms with van der Waals surface area (Å²) in [4.78, 5) is 46.8. The van der Waals surface area contributed by atoms with Crippen LogP contribution in [0.15, 0.2) is 12.7 Å². The first-order valence-corrected chi connectivity index (χ1v) is 8.10. The molecule has 7 nitrogen and oxygen atoms in total. The highest BCUT2D eigenvalue weighted by Crippen LogP contribution is 2.21. The lowest BCUT2D eigenvalue weighted by Crippen LogP contribution is -2.45. The number of ketones is 2. The molecule has 1 aliphatic rings. The van der Waals surface area contributed by atoms with Crippen molar-refractivity contribution in [2.75, 3.05) is 13.2 Å². The van der Waals surface area contributed by atoms with E-state index >= 15 is 0 Å². The maximum absolute atomic E-state index is 12.1. The zero-order valence-electron chi connectivity index (χ0n) is 14.2. The Hall–Kier alpha value is -2.18. The van der Waals surface area contributed by atoms with Crippen molar-refractivity contribution < 1.29 is 28.7 Å². The average molecular weight is 339 g/mol. The molecule has 1 fully saturated rings. The van der Waals surface area contributed by atoms with E-state index in [0.717, 1.165) is 0 Å². The second-order valence-corrected chi connectivity index (χ2v) is 6.12. The van der Waals surface area contributed by atoms with Gasteiger partial charge in [-0.2, -0.15) is 0 Å². The second kappa shape index (κ2) is 9.85. The Labute approximate surface area is 141 Å². The van der Waals surface area contributed by atoms with E-state index in [1.165, 1.54) is 6.08 Å². The summed E-state index contributed by atoms with van der Waals surface area (Å²) in [5.41, 5.74) is 0. The Morgan fingerprint density at radius 1 is 1.29 bits per heavy atom. The number of carbonyl (C=O) groups is 4. The van der Waals surface area contributed by atoms with Crippen LogP contribution < -0.4 is 5.32 Å². The molecule has 0 heterocycles. The molecule has 0 aromatic heterocycles. The van der Waals surface area contributed by atoms with Crippen LogP contribution in [0.25, 0.3) is 0 Å². The van der Waals surface area contributed by atoms with E-state index in [4.69, 9.17) is 9.47 Å². The van der Waals surface area contributed by atoms with Crippen molar-refractivity contribution in [2.45, 2.75) is 45.6 Å². The van der Waals surface area contributed by atoms with Gasteiger partial charge in [-0.1, -0.05) is 26.5 Å². The van der Waals surface area contributed by atoms with E-state index in [1.54, 1.807) is 13.8 Å². The van der Waals surface area contributed by atoms with Gasteiger partial charge in [0, 0.05) is 25.2 Å². The lowest BCUT2D eigenvalue weighted by Gasteiger charge is -2.22. The van der Waals surface area contributed by atoms with E-state index < -0.39 is 18.1 Å². The van der Waals surface area contributed by atoms with Gasteiger partial charge in [-0.15, -0.1) is 0 Å². The third-order valence-corrected chi connectivity index (χ3v) is 3.82. The number of ether oxygens (including phenoxy) is 2. The number of Topliss-reactive ketones (excluding diaryl/α,β-unsaturated/α-hetero) is 2. The minimum Gasteiger partial charge on any atom is -0.464 e. The first-order chi connectivity index (χ1) is 11.3. The van der Waals surface area contributed by atoms with Gasteiger partial charge in [-0.3, -0.25) is 9.59 Å². The second-order valence-electron chi connectivity index (χ2n) is 6.12. The molecular formula is C17H25NO6. The molecule has 0 saturated heterocycles. The van der Waals surface area contributed by atoms with Gasteiger partial charge in [-0.25, -0.2) is 9.59 Å². The van der Waals surface area contributed by atoms with Crippen LogP contribution in [0.3, 0.4) is 0 Å². The molecule has 0 aromatic carbocycles. The van der Waals surface area contributed by atoms with E-state index in [2.05, 4.69) is 11.9 Å². The van der Waals surface area contributed by atoms with Crippen molar-refractivity contribution in [1.82, 2.24) is 5.32 Å². The van der Waals surface area contributed by atoms with Crippen molar-refractivity contribution in [3.63, 3.8) is 0 Å². The molecule has 2 unspecified atom stereocenters. The zero-order chi connectivity index (χ0) is 18.1. The summed E-state index contributed by atoms with van der Waals surface area (Å²) in [5.74, 6) is -1.04. The van der Waals surface area contributed by atoms with Gasteiger partial charge in [0.05, 0.1) is 6.61 Å². The number of hydrogen-bond donors (Lipinski definition) is 1. The third-order valence-electron chi connectivity index (χ3n) is 3.82. The lowest BCUT2D eigenvalue weighted by atomic mass is 9.85. The topological polar surface area (TPSA) is 98.8 Å². The number of carbonyl (C=O) groups excluding carboxylic acids is 4. The van der Waals surface area contributed by atoms with Gasteiger partial charge in [0.15, 0.2) is 0 Å². The quantitative estimate of drug-likeness (QED) is 0.535. The van der Waals surface area contributed by atoms with Crippen LogP contribution in [0.2, 0.25) is 0 Å². The highest BCUT2D eigenvalue weighted by atomic mass is 16.6. The molecule has 1 N–H and O–H groups in total. The number of amides is 1. The number of alkyl carbamates (subject to hydrolysis) is 1. The summed E-state index contributed by atoms with van der Waals surface area (Å²) in [6.07, 6.45) is 1.81. The molecular weight excluding hydrogens is 314 g/mol. The van der Waals surface area contributed by atoms with Crippen molar-refractivity contribution >= 4 is 23.6 Å². The predicted octanol–water partition coefficient (Wildman–Crippen LogP) is 1.79. The molecule has 1 aliphatic carbocycles. The highest BCUT2D eigenvalue weighted by molar-refractivity contribution is 5.94. The summed E-state index contributed by atoms with van der Waals surface area (Å²) in [5, 5.41) is 2.45. The molecule has 7 heteroatoms. The molecule has 2 atom stereocenters. The number of esters is 1. The van der Waals surface area contributed by atoms with Gasteiger partial charge < -0.3 is 14.8 Å². The largest absolute Gasteiger partial charge is 0.464 e. The Morgan fingerprint density at radius 2 is 2.00 bits per heavy atom. The fraction of sp³-hybridized carbons (Fsp3) is 0.647. The molecule has 0 radical (unpaired) electrons. The van der Waals surface area contributed by atoms with Crippen LogP contribution in [-0.2, 0) is 23.9 Å². The Kier molecular flexibility index (Phi) is 8.15. The molecule has 0 spiro atoms. The molecule has 24 heavy (non-hydrogen) atoms. The van der Waals surface area contributed by atoms with Gasteiger partial charge in [-0.05, 0) is 12.3 Å². The Morgan fingerprint density at radius 3 is 2.62 bits per heavy atom. The molecule has 1 rings (SSSR count). The maximum Gasteiger partial charge on any atom is 0.408 e. The average Bonchev–Trinajstić information content (AvgIpc) is 2.53. The van der Waals surface area contributed by atoms with Crippen molar-refractivity contribution in [1.29, 1.82) is 0 Å². The van der Waals surface area contributed by atoms with E-state index in [9.17, 15) is 19.2 Å². The van der Waals surface area contributed by atoms with Crippen LogP contribution in [0.4, 0.5) is 4.79 Å². The number of rotatable bonds is 8. The summed E-state index contributed by atoms with van der Waals surface area (Å²) < 4.78 is 9.95. The summed E-state index contributed by atoms with van der Waals surface area (Å²) >= 11 is 0. The molecule has 1 amide bonds. The molecule has 0 aromatic rings. The van der Waals surface area contributed by atoms with Gasteiger partial charge in [0.1, 0.15) is 24.2 Å². The number of hydrogen-bond acceptors (Lipinski definition) is 6. The lowest BCUT2D eigenvalue weighted by molar-refractivity contribution is -0.148. The predicted molar refractivity (Wildman–Crippen MR) is 86.2 cm³/mol. The first kappa shape index (κ1) is 19.9. The molecule has 134 valence electrons.